The van der Waals surface area contributed by atoms with Crippen LogP contribution in [-0.2, 0) is 10.0 Å². The number of nitrogens with one attached hydrogen (secondary N) is 2. The number of hydrogen-bond acceptors (Lipinski definition) is 9. The van der Waals surface area contributed by atoms with Gasteiger partial charge in [-0.15, -0.1) is 0 Å². The van der Waals surface area contributed by atoms with E-state index in [2.05, 4.69) is 15.2 Å². The highest BCUT2D eigenvalue weighted by Crippen LogP contribution is 2.34. The molecule has 2 aliphatic carbocycles. The molecule has 0 unspecified atom stereocenters. The molecule has 220 valence electrons. The van der Waals surface area contributed by atoms with Gasteiger partial charge in [-0.1, -0.05) is 12.8 Å². The van der Waals surface area contributed by atoms with E-state index in [9.17, 15) is 13.2 Å². The summed E-state index contributed by atoms with van der Waals surface area (Å²) >= 11 is 0. The summed E-state index contributed by atoms with van der Waals surface area (Å²) in [5, 5.41) is 16.2. The van der Waals surface area contributed by atoms with Crippen LogP contribution in [0.1, 0.15) is 80.6 Å². The number of aromatic carboxylic acids is 1. The first-order chi connectivity index (χ1) is 19.8. The molecule has 0 atom stereocenters. The van der Waals surface area contributed by atoms with Gasteiger partial charge in [-0.3, -0.25) is 0 Å². The molecule has 1 aliphatic heterocycles. The number of carboxylic acid groups (broad SMARTS) is 1. The van der Waals surface area contributed by atoms with Crippen molar-refractivity contribution in [3.63, 3.8) is 0 Å². The number of fused-ring (bicyclic) bond motifs is 1. The molecule has 1 saturated heterocycles. The van der Waals surface area contributed by atoms with Gasteiger partial charge in [-0.05, 0) is 75.6 Å². The first-order valence-electron chi connectivity index (χ1n) is 14.6. The highest BCUT2D eigenvalue weighted by Gasteiger charge is 2.31. The minimum atomic E-state index is -3.72. The number of rotatable bonds is 8. The molecule has 6 rings (SSSR count). The Balaban J connectivity index is 1.19. The van der Waals surface area contributed by atoms with Crippen LogP contribution in [0.5, 0.6) is 0 Å². The fourth-order valence-corrected chi connectivity index (χ4v) is 7.80. The van der Waals surface area contributed by atoms with Crippen molar-refractivity contribution in [1.82, 2.24) is 23.8 Å². The van der Waals surface area contributed by atoms with Crippen LogP contribution >= 0.6 is 0 Å². The number of benzene rings is 1. The number of nitrogens with two attached hydrogens (primary N) is 1. The van der Waals surface area contributed by atoms with Crippen molar-refractivity contribution in [2.45, 2.75) is 93.3 Å². The van der Waals surface area contributed by atoms with E-state index in [0.717, 1.165) is 49.7 Å². The molecule has 3 aliphatic rings. The Kier molecular flexibility index (Phi) is 7.84. The number of carboxylic acids is 1. The van der Waals surface area contributed by atoms with E-state index in [0.29, 0.717) is 43.7 Å². The van der Waals surface area contributed by atoms with Crippen LogP contribution in [-0.4, -0.2) is 74.5 Å². The van der Waals surface area contributed by atoms with Gasteiger partial charge in [0.15, 0.2) is 17.0 Å². The lowest BCUT2D eigenvalue weighted by atomic mass is 9.92. The molecule has 3 aromatic rings. The second-order valence-corrected chi connectivity index (χ2v) is 13.5. The second kappa shape index (κ2) is 11.5. The maximum atomic E-state index is 13.2. The maximum absolute atomic E-state index is 13.2. The van der Waals surface area contributed by atoms with E-state index >= 15 is 0 Å². The smallest absolute Gasteiger partial charge is 0.335 e. The first kappa shape index (κ1) is 27.9. The summed E-state index contributed by atoms with van der Waals surface area (Å²) in [7, 11) is -3.72. The number of hydrogen-bond donors (Lipinski definition) is 4. The van der Waals surface area contributed by atoms with Crippen LogP contribution in [0.25, 0.3) is 11.2 Å². The van der Waals surface area contributed by atoms with Crippen molar-refractivity contribution in [3.8, 4) is 0 Å². The van der Waals surface area contributed by atoms with Crippen molar-refractivity contribution in [2.24, 2.45) is 5.73 Å². The van der Waals surface area contributed by atoms with Crippen LogP contribution < -0.4 is 16.4 Å². The van der Waals surface area contributed by atoms with Gasteiger partial charge in [0.1, 0.15) is 0 Å². The molecule has 0 spiro atoms. The summed E-state index contributed by atoms with van der Waals surface area (Å²) in [4.78, 5) is 25.8. The number of carbonyl (C=O) groups is 1. The van der Waals surface area contributed by atoms with E-state index in [1.807, 2.05) is 6.33 Å². The summed E-state index contributed by atoms with van der Waals surface area (Å²) in [6, 6.07) is 6.31. The second-order valence-electron chi connectivity index (χ2n) is 11.6. The SMILES string of the molecule is NC1CCC(Nc2nc(NC3CCN(S(=O)(=O)c4ccc(C(=O)O)cc4)CC3)c3ncn(C4CCCC4)c3n2)CC1. The third-order valence-corrected chi connectivity index (χ3v) is 10.7. The molecule has 13 heteroatoms. The summed E-state index contributed by atoms with van der Waals surface area (Å²) < 4.78 is 30.1. The lowest BCUT2D eigenvalue weighted by Crippen LogP contribution is -2.42. The first-order valence-corrected chi connectivity index (χ1v) is 16.1. The van der Waals surface area contributed by atoms with Gasteiger partial charge in [0.2, 0.25) is 16.0 Å². The number of imidazole rings is 1. The molecular formula is C28H38N8O4S. The van der Waals surface area contributed by atoms with Crippen molar-refractivity contribution in [3.05, 3.63) is 36.2 Å². The largest absolute Gasteiger partial charge is 0.478 e. The highest BCUT2D eigenvalue weighted by atomic mass is 32.2. The predicted molar refractivity (Wildman–Crippen MR) is 155 cm³/mol. The number of nitrogens with zero attached hydrogens (tertiary/aromatic N) is 5. The van der Waals surface area contributed by atoms with Crippen molar-refractivity contribution >= 4 is 38.9 Å². The molecule has 0 radical (unpaired) electrons. The quantitative estimate of drug-likeness (QED) is 0.308. The van der Waals surface area contributed by atoms with Crippen molar-refractivity contribution in [2.75, 3.05) is 23.7 Å². The van der Waals surface area contributed by atoms with E-state index in [1.54, 1.807) is 0 Å². The summed E-state index contributed by atoms with van der Waals surface area (Å²) in [6.07, 6.45) is 11.7. The monoisotopic (exact) mass is 582 g/mol. The van der Waals surface area contributed by atoms with Crippen LogP contribution in [0.15, 0.2) is 35.5 Å². The zero-order valence-corrected chi connectivity index (χ0v) is 23.9. The van der Waals surface area contributed by atoms with Gasteiger partial charge in [0.25, 0.3) is 0 Å². The minimum absolute atomic E-state index is 0.0195. The lowest BCUT2D eigenvalue weighted by Gasteiger charge is -2.32. The van der Waals surface area contributed by atoms with E-state index < -0.39 is 16.0 Å². The van der Waals surface area contributed by atoms with E-state index in [-0.39, 0.29) is 28.6 Å². The third-order valence-electron chi connectivity index (χ3n) is 8.78. The van der Waals surface area contributed by atoms with Crippen LogP contribution in [0.2, 0.25) is 0 Å². The van der Waals surface area contributed by atoms with Crippen LogP contribution in [0.3, 0.4) is 0 Å². The van der Waals surface area contributed by atoms with Crippen LogP contribution in [0, 0.1) is 0 Å². The molecular weight excluding hydrogens is 544 g/mol. The predicted octanol–water partition coefficient (Wildman–Crippen LogP) is 3.59. The standard InChI is InChI=1S/C28H38N8O4S/c29-19-7-9-20(10-8-19)32-28-33-25(24-26(34-28)36(17-30-24)22-3-1-2-4-22)31-21-13-15-35(16-14-21)41(39,40)23-11-5-18(6-12-23)27(37)38/h5-6,11-12,17,19-22H,1-4,7-10,13-16,29H2,(H,37,38)(H2,31,32,33,34). The Hall–Kier alpha value is -3.29. The fraction of sp³-hybridized carbons (Fsp3) is 0.571. The normalized spacial score (nSPS) is 23.1. The molecule has 1 aromatic carbocycles. The Morgan fingerprint density at radius 1 is 0.902 bits per heavy atom. The molecule has 3 heterocycles. The topological polar surface area (TPSA) is 168 Å². The molecule has 3 fully saturated rings. The van der Waals surface area contributed by atoms with Gasteiger partial charge in [0.05, 0.1) is 16.8 Å². The van der Waals surface area contributed by atoms with Gasteiger partial charge >= 0.3 is 5.97 Å². The number of anilines is 2. The summed E-state index contributed by atoms with van der Waals surface area (Å²) in [5.41, 5.74) is 7.73. The van der Waals surface area contributed by atoms with E-state index in [1.165, 1.54) is 41.4 Å². The summed E-state index contributed by atoms with van der Waals surface area (Å²) in [6.45, 7) is 0.692. The number of aromatic nitrogens is 4. The minimum Gasteiger partial charge on any atom is -0.478 e. The average molecular weight is 583 g/mol. The molecule has 41 heavy (non-hydrogen) atoms. The Bertz CT molecular complexity index is 1490. The zero-order valence-electron chi connectivity index (χ0n) is 23.1. The molecule has 0 amide bonds. The Morgan fingerprint density at radius 2 is 1.56 bits per heavy atom. The Morgan fingerprint density at radius 3 is 2.22 bits per heavy atom. The zero-order chi connectivity index (χ0) is 28.6. The number of sulfonamides is 1. The fourth-order valence-electron chi connectivity index (χ4n) is 6.33. The Labute approximate surface area is 239 Å². The van der Waals surface area contributed by atoms with Gasteiger partial charge in [-0.2, -0.15) is 14.3 Å². The number of piperidine rings is 1. The maximum Gasteiger partial charge on any atom is 0.335 e. The van der Waals surface area contributed by atoms with Gasteiger partial charge in [0, 0.05) is 37.3 Å². The lowest BCUT2D eigenvalue weighted by molar-refractivity contribution is 0.0696. The van der Waals surface area contributed by atoms with Crippen molar-refractivity contribution in [1.29, 1.82) is 0 Å². The van der Waals surface area contributed by atoms with Crippen LogP contribution in [0.4, 0.5) is 11.8 Å². The van der Waals surface area contributed by atoms with Gasteiger partial charge in [-0.25, -0.2) is 18.2 Å². The average Bonchev–Trinajstić information content (AvgIpc) is 3.65. The molecule has 2 saturated carbocycles. The molecule has 0 bridgehead atoms. The molecule has 2 aromatic heterocycles. The molecule has 5 N–H and O–H groups in total. The van der Waals surface area contributed by atoms with Crippen molar-refractivity contribution < 1.29 is 18.3 Å². The summed E-state index contributed by atoms with van der Waals surface area (Å²) in [5.74, 6) is 0.173. The van der Waals surface area contributed by atoms with E-state index in [4.69, 9.17) is 25.8 Å². The third kappa shape index (κ3) is 5.88. The highest BCUT2D eigenvalue weighted by molar-refractivity contribution is 7.89. The van der Waals surface area contributed by atoms with Gasteiger partial charge < -0.3 is 26.0 Å². The molecule has 12 nitrogen and oxygen atoms in total.